The molecule has 10 rings (SSSR count). The van der Waals surface area contributed by atoms with Crippen LogP contribution >= 0.6 is 0 Å². The highest BCUT2D eigenvalue weighted by molar-refractivity contribution is 5.80. The van der Waals surface area contributed by atoms with E-state index in [-0.39, 0.29) is 63.4 Å². The third kappa shape index (κ3) is 11.0. The summed E-state index contributed by atoms with van der Waals surface area (Å²) in [5, 5.41) is 34.0. The van der Waals surface area contributed by atoms with E-state index >= 15 is 57.5 Å². The first-order valence-corrected chi connectivity index (χ1v) is 28.7. The van der Waals surface area contributed by atoms with Gasteiger partial charge >= 0.3 is 42.8 Å². The van der Waals surface area contributed by atoms with Crippen molar-refractivity contribution < 1.29 is 119 Å². The van der Waals surface area contributed by atoms with Crippen molar-refractivity contribution >= 4 is 11.9 Å². The number of carbonyl (C=O) groups is 2. The van der Waals surface area contributed by atoms with Crippen molar-refractivity contribution in [1.82, 2.24) is 0 Å². The van der Waals surface area contributed by atoms with Crippen molar-refractivity contribution in [2.75, 3.05) is 6.61 Å². The number of esters is 2. The molecule has 11 nitrogen and oxygen atoms in total. The maximum absolute atomic E-state index is 17.6. The number of hydrogen-bond acceptors (Lipinski definition) is 11. The molecule has 0 amide bonds. The highest BCUT2D eigenvalue weighted by Gasteiger charge is 2.78. The van der Waals surface area contributed by atoms with Gasteiger partial charge in [0.1, 0.15) is 11.2 Å². The number of aliphatic hydroxyl groups is 3. The molecule has 0 aromatic carbocycles. The standard InChI is InChI=1S/C56H77F15O11/c1-9-77-27(3)80-51(55(66,67)68,56(69,70)71)20-32-12-30-14-35(32)41-36(30)15-37(39(79-41)21-45(7,52(57,58)59)42(72)81-44(4,5)6)50(54(63,64)65,43(73)82-49-18-28-16-47(75,24-49)23-48(76,17-28)25-49)22-38-26(2)10-33-29-11-31(34(13-29)40(33)78-38)19-46(8,74)53(60,61)62/h26-41,74-76H,9-25H2,1-8H3. The Kier molecular flexibility index (Phi) is 15.9. The van der Waals surface area contributed by atoms with Crippen molar-refractivity contribution in [3.63, 3.8) is 0 Å². The van der Waals surface area contributed by atoms with E-state index in [1.54, 1.807) is 0 Å². The average molecular weight is 1210 g/mol. The van der Waals surface area contributed by atoms with Gasteiger partial charge in [-0.2, -0.15) is 65.9 Å². The van der Waals surface area contributed by atoms with E-state index in [9.17, 15) is 33.3 Å². The smallest absolute Gasteiger partial charge is 0.426 e. The molecule has 3 N–H and O–H groups in total. The van der Waals surface area contributed by atoms with Crippen LogP contribution in [-0.4, -0.2) is 129 Å². The summed E-state index contributed by atoms with van der Waals surface area (Å²) in [4.78, 5) is 29.9. The molecule has 2 aliphatic heterocycles. The molecule has 0 spiro atoms. The molecule has 8 bridgehead atoms. The summed E-state index contributed by atoms with van der Waals surface area (Å²) in [6.07, 6.45) is -45.4. The van der Waals surface area contributed by atoms with Crippen molar-refractivity contribution in [3.8, 4) is 0 Å². The van der Waals surface area contributed by atoms with Crippen LogP contribution in [0.1, 0.15) is 158 Å². The van der Waals surface area contributed by atoms with E-state index in [1.807, 2.05) is 0 Å². The van der Waals surface area contributed by atoms with Crippen molar-refractivity contribution in [2.24, 2.45) is 75.9 Å². The molecule has 8 saturated carbocycles. The quantitative estimate of drug-likeness (QED) is 0.0770. The fourth-order valence-electron chi connectivity index (χ4n) is 18.2. The summed E-state index contributed by atoms with van der Waals surface area (Å²) < 4.78 is 267. The van der Waals surface area contributed by atoms with Gasteiger partial charge in [-0.05, 0) is 191 Å². The first kappa shape index (κ1) is 64.1. The van der Waals surface area contributed by atoms with Gasteiger partial charge in [0.2, 0.25) is 0 Å². The molecule has 20 unspecified atom stereocenters. The molecule has 0 radical (unpaired) electrons. The zero-order valence-electron chi connectivity index (χ0n) is 47.0. The number of alkyl halides is 15. The summed E-state index contributed by atoms with van der Waals surface area (Å²) in [5.41, 5.74) is -22.9. The molecule has 26 heteroatoms. The van der Waals surface area contributed by atoms with E-state index in [4.69, 9.17) is 28.4 Å². The van der Waals surface area contributed by atoms with Crippen LogP contribution in [0, 0.1) is 75.9 Å². The largest absolute Gasteiger partial charge is 0.459 e. The molecule has 0 aromatic heterocycles. The van der Waals surface area contributed by atoms with Crippen molar-refractivity contribution in [2.45, 2.75) is 253 Å². The minimum Gasteiger partial charge on any atom is -0.459 e. The van der Waals surface area contributed by atoms with Gasteiger partial charge in [-0.15, -0.1) is 0 Å². The van der Waals surface area contributed by atoms with E-state index < -0.39 is 223 Å². The van der Waals surface area contributed by atoms with Crippen LogP contribution in [0.15, 0.2) is 0 Å². The topological polar surface area (TPSA) is 150 Å². The Hall–Kier alpha value is -2.39. The maximum atomic E-state index is 17.6. The molecule has 8 aliphatic carbocycles. The number of halogens is 15. The number of hydrogen-bond donors (Lipinski definition) is 3. The Labute approximate surface area is 466 Å². The molecule has 20 atom stereocenters. The molecule has 10 aliphatic rings. The Morgan fingerprint density at radius 1 is 0.598 bits per heavy atom. The Bertz CT molecular complexity index is 2350. The Morgan fingerprint density at radius 2 is 1.11 bits per heavy atom. The summed E-state index contributed by atoms with van der Waals surface area (Å²) in [6.45, 7) is 7.92. The molecule has 472 valence electrons. The summed E-state index contributed by atoms with van der Waals surface area (Å²) in [7, 11) is 0. The van der Waals surface area contributed by atoms with Gasteiger partial charge in [0, 0.05) is 31.8 Å². The highest BCUT2D eigenvalue weighted by atomic mass is 19.4. The monoisotopic (exact) mass is 1210 g/mol. The van der Waals surface area contributed by atoms with E-state index in [2.05, 4.69) is 0 Å². The lowest BCUT2D eigenvalue weighted by atomic mass is 9.50. The Balaban J connectivity index is 1.16. The lowest BCUT2D eigenvalue weighted by molar-refractivity contribution is -0.412. The van der Waals surface area contributed by atoms with Crippen LogP contribution in [0.3, 0.4) is 0 Å². The van der Waals surface area contributed by atoms with E-state index in [0.717, 1.165) is 6.92 Å². The summed E-state index contributed by atoms with van der Waals surface area (Å²) in [5.74, 6) is -15.4. The third-order valence-corrected chi connectivity index (χ3v) is 21.3. The van der Waals surface area contributed by atoms with Crippen LogP contribution in [-0.2, 0) is 38.0 Å². The fraction of sp³-hybridized carbons (Fsp3) is 0.964. The first-order valence-electron chi connectivity index (χ1n) is 28.7. The van der Waals surface area contributed by atoms with Gasteiger partial charge in [-0.1, -0.05) is 6.92 Å². The number of ether oxygens (including phenoxy) is 6. The minimum atomic E-state index is -6.14. The predicted molar refractivity (Wildman–Crippen MR) is 256 cm³/mol. The molecule has 2 saturated heterocycles. The molecular formula is C56H77F15O11. The van der Waals surface area contributed by atoms with E-state index in [0.29, 0.717) is 20.3 Å². The number of fused-ring (bicyclic) bond motifs is 10. The SMILES string of the molecule is CCOC(C)OC(CC1CC2CC1C1OC(CC(C)(C(=O)OC(C)(C)C)C(F)(F)F)C(C(CC3OC4C(CC3C)C3CC(CC(C)(O)C(F)(F)F)C4C3)(C(=O)OC34CC5CC(O)(CC(O)(C5)C3)C4)C(F)(F)F)CC21)(C(F)(F)F)C(F)(F)F. The predicted octanol–water partition coefficient (Wildman–Crippen LogP) is 12.4. The van der Waals surface area contributed by atoms with Gasteiger partial charge in [-0.3, -0.25) is 9.59 Å². The molecule has 0 aromatic rings. The van der Waals surface area contributed by atoms with Gasteiger partial charge < -0.3 is 43.7 Å². The number of rotatable bonds is 16. The molecular weight excluding hydrogens is 1130 g/mol. The van der Waals surface area contributed by atoms with Crippen LogP contribution < -0.4 is 0 Å². The summed E-state index contributed by atoms with van der Waals surface area (Å²) >= 11 is 0. The van der Waals surface area contributed by atoms with Crippen molar-refractivity contribution in [1.29, 1.82) is 0 Å². The second-order valence-corrected chi connectivity index (χ2v) is 28.4. The van der Waals surface area contributed by atoms with Gasteiger partial charge in [-0.25, -0.2) is 0 Å². The lowest BCUT2D eigenvalue weighted by Gasteiger charge is -2.63. The van der Waals surface area contributed by atoms with Gasteiger partial charge in [0.05, 0.1) is 35.6 Å². The van der Waals surface area contributed by atoms with Crippen LogP contribution in [0.5, 0.6) is 0 Å². The maximum Gasteiger partial charge on any atom is 0.426 e. The number of carbonyl (C=O) groups excluding carboxylic acids is 2. The first-order chi connectivity index (χ1) is 37.1. The van der Waals surface area contributed by atoms with Crippen LogP contribution in [0.2, 0.25) is 0 Å². The fourth-order valence-corrected chi connectivity index (χ4v) is 18.2. The zero-order chi connectivity index (χ0) is 61.2. The zero-order valence-corrected chi connectivity index (χ0v) is 47.0. The van der Waals surface area contributed by atoms with E-state index in [1.165, 1.54) is 34.6 Å². The average Bonchev–Trinajstić information content (AvgIpc) is 3.21. The minimum absolute atomic E-state index is 0.104. The highest BCUT2D eigenvalue weighted by Crippen LogP contribution is 2.69. The summed E-state index contributed by atoms with van der Waals surface area (Å²) in [6, 6.07) is 0. The lowest BCUT2D eigenvalue weighted by Crippen LogP contribution is -2.69. The molecule has 82 heavy (non-hydrogen) atoms. The Morgan fingerprint density at radius 3 is 1.57 bits per heavy atom. The normalized spacial score (nSPS) is 41.8. The van der Waals surface area contributed by atoms with Gasteiger partial charge in [0.25, 0.3) is 5.60 Å². The molecule has 10 fully saturated rings. The third-order valence-electron chi connectivity index (χ3n) is 21.3. The van der Waals surface area contributed by atoms with Crippen molar-refractivity contribution in [3.05, 3.63) is 0 Å². The second kappa shape index (κ2) is 20.3. The van der Waals surface area contributed by atoms with Gasteiger partial charge in [0.15, 0.2) is 22.7 Å². The van der Waals surface area contributed by atoms with Crippen LogP contribution in [0.25, 0.3) is 0 Å². The second-order valence-electron chi connectivity index (χ2n) is 28.4. The molecule has 2 heterocycles. The van der Waals surface area contributed by atoms with Crippen LogP contribution in [0.4, 0.5) is 65.9 Å².